The number of ether oxygens (including phenoxy) is 1. The molecule has 0 radical (unpaired) electrons. The summed E-state index contributed by atoms with van der Waals surface area (Å²) in [5, 5.41) is 11.8. The first-order valence-corrected chi connectivity index (χ1v) is 19.3. The van der Waals surface area contributed by atoms with Gasteiger partial charge in [-0.15, -0.1) is 0 Å². The first-order chi connectivity index (χ1) is 20.7. The molecule has 0 aliphatic rings. The SMILES string of the molecule is CCCCCCCCCCCCCCCCCC(CCCCCCCCCCCCCCCC)OC(=O)NCCCO. The first kappa shape index (κ1) is 41.2. The van der Waals surface area contributed by atoms with Crippen LogP contribution in [0.1, 0.15) is 219 Å². The van der Waals surface area contributed by atoms with Crippen molar-refractivity contribution in [3.63, 3.8) is 0 Å². The molecule has 1 amide bonds. The van der Waals surface area contributed by atoms with Crippen molar-refractivity contribution < 1.29 is 14.6 Å². The van der Waals surface area contributed by atoms with Gasteiger partial charge in [0, 0.05) is 13.2 Å². The summed E-state index contributed by atoms with van der Waals surface area (Å²) < 4.78 is 5.80. The van der Waals surface area contributed by atoms with Crippen molar-refractivity contribution in [3.8, 4) is 0 Å². The van der Waals surface area contributed by atoms with Crippen LogP contribution < -0.4 is 5.32 Å². The molecule has 0 rings (SSSR count). The van der Waals surface area contributed by atoms with Crippen molar-refractivity contribution in [2.75, 3.05) is 13.2 Å². The van der Waals surface area contributed by atoms with Crippen LogP contribution in [0.3, 0.4) is 0 Å². The number of hydrogen-bond acceptors (Lipinski definition) is 3. The number of hydrogen-bond donors (Lipinski definition) is 2. The standard InChI is InChI=1S/C38H77NO3/c1-3-5-7-9-11-13-15-17-19-21-23-25-27-29-31-34-37(42-38(41)39-35-32-36-40)33-30-28-26-24-22-20-18-16-14-12-10-8-6-4-2/h37,40H,3-36H2,1-2H3,(H,39,41). The van der Waals surface area contributed by atoms with Crippen LogP contribution in [-0.4, -0.2) is 30.5 Å². The van der Waals surface area contributed by atoms with Crippen molar-refractivity contribution in [2.45, 2.75) is 225 Å². The zero-order valence-corrected chi connectivity index (χ0v) is 28.9. The maximum atomic E-state index is 12.2. The molecule has 0 saturated carbocycles. The second-order valence-electron chi connectivity index (χ2n) is 13.2. The van der Waals surface area contributed by atoms with E-state index in [1.54, 1.807) is 0 Å². The van der Waals surface area contributed by atoms with Gasteiger partial charge in [-0.25, -0.2) is 4.79 Å². The number of nitrogens with one attached hydrogen (secondary N) is 1. The lowest BCUT2D eigenvalue weighted by Crippen LogP contribution is -2.30. The zero-order valence-electron chi connectivity index (χ0n) is 28.9. The van der Waals surface area contributed by atoms with Gasteiger partial charge in [-0.1, -0.05) is 187 Å². The normalized spacial score (nSPS) is 12.1. The molecule has 1 unspecified atom stereocenters. The van der Waals surface area contributed by atoms with Gasteiger partial charge in [0.25, 0.3) is 0 Å². The average Bonchev–Trinajstić information content (AvgIpc) is 2.99. The molecule has 0 fully saturated rings. The summed E-state index contributed by atoms with van der Waals surface area (Å²) in [4.78, 5) is 12.2. The number of unbranched alkanes of at least 4 members (excludes halogenated alkanes) is 27. The van der Waals surface area contributed by atoms with Gasteiger partial charge in [0.2, 0.25) is 0 Å². The van der Waals surface area contributed by atoms with Gasteiger partial charge in [0.15, 0.2) is 0 Å². The molecular formula is C38H77NO3. The second kappa shape index (κ2) is 36.4. The number of rotatable bonds is 35. The summed E-state index contributed by atoms with van der Waals surface area (Å²) in [6.45, 7) is 5.16. The van der Waals surface area contributed by atoms with Crippen molar-refractivity contribution in [1.82, 2.24) is 5.32 Å². The van der Waals surface area contributed by atoms with Crippen LogP contribution >= 0.6 is 0 Å². The van der Waals surface area contributed by atoms with Gasteiger partial charge < -0.3 is 15.2 Å². The maximum absolute atomic E-state index is 12.2. The van der Waals surface area contributed by atoms with Crippen LogP contribution in [-0.2, 0) is 4.74 Å². The quantitative estimate of drug-likeness (QED) is 0.0716. The van der Waals surface area contributed by atoms with E-state index in [2.05, 4.69) is 19.2 Å². The van der Waals surface area contributed by atoms with Crippen LogP contribution in [0.2, 0.25) is 0 Å². The molecule has 252 valence electrons. The Morgan fingerprint density at radius 3 is 1.05 bits per heavy atom. The highest BCUT2D eigenvalue weighted by Crippen LogP contribution is 2.19. The van der Waals surface area contributed by atoms with Gasteiger partial charge in [0.05, 0.1) is 0 Å². The monoisotopic (exact) mass is 596 g/mol. The van der Waals surface area contributed by atoms with Crippen LogP contribution in [0.5, 0.6) is 0 Å². The van der Waals surface area contributed by atoms with E-state index in [0.29, 0.717) is 13.0 Å². The summed E-state index contributed by atoms with van der Waals surface area (Å²) in [7, 11) is 0. The number of amides is 1. The van der Waals surface area contributed by atoms with Gasteiger partial charge in [-0.3, -0.25) is 0 Å². The van der Waals surface area contributed by atoms with Crippen LogP contribution in [0.15, 0.2) is 0 Å². The highest BCUT2D eigenvalue weighted by Gasteiger charge is 2.14. The summed E-state index contributed by atoms with van der Waals surface area (Å²) in [5.41, 5.74) is 0. The Hall–Kier alpha value is -0.770. The Labute approximate surface area is 264 Å². The Kier molecular flexibility index (Phi) is 35.8. The molecule has 42 heavy (non-hydrogen) atoms. The highest BCUT2D eigenvalue weighted by atomic mass is 16.6. The molecule has 4 nitrogen and oxygen atoms in total. The van der Waals surface area contributed by atoms with Crippen LogP contribution in [0.4, 0.5) is 4.79 Å². The Bertz CT molecular complexity index is 513. The lowest BCUT2D eigenvalue weighted by Gasteiger charge is -2.18. The largest absolute Gasteiger partial charge is 0.446 e. The Balaban J connectivity index is 3.81. The second-order valence-corrected chi connectivity index (χ2v) is 13.2. The molecule has 0 aromatic heterocycles. The van der Waals surface area contributed by atoms with E-state index < -0.39 is 0 Å². The lowest BCUT2D eigenvalue weighted by molar-refractivity contribution is 0.0838. The van der Waals surface area contributed by atoms with E-state index in [9.17, 15) is 4.79 Å². The number of carbonyl (C=O) groups is 1. The lowest BCUT2D eigenvalue weighted by atomic mass is 10.0. The van der Waals surface area contributed by atoms with E-state index in [-0.39, 0.29) is 18.8 Å². The van der Waals surface area contributed by atoms with Crippen molar-refractivity contribution in [1.29, 1.82) is 0 Å². The molecule has 4 heteroatoms. The van der Waals surface area contributed by atoms with Gasteiger partial charge in [0.1, 0.15) is 6.10 Å². The fourth-order valence-electron chi connectivity index (χ4n) is 6.03. The van der Waals surface area contributed by atoms with Crippen molar-refractivity contribution in [3.05, 3.63) is 0 Å². The topological polar surface area (TPSA) is 58.6 Å². The van der Waals surface area contributed by atoms with E-state index in [1.807, 2.05) is 0 Å². The Morgan fingerprint density at radius 1 is 0.476 bits per heavy atom. The van der Waals surface area contributed by atoms with Crippen LogP contribution in [0.25, 0.3) is 0 Å². The fraction of sp³-hybridized carbons (Fsp3) is 0.974. The third-order valence-electron chi connectivity index (χ3n) is 8.89. The molecular weight excluding hydrogens is 518 g/mol. The molecule has 0 saturated heterocycles. The number of aliphatic hydroxyl groups is 1. The molecule has 0 heterocycles. The van der Waals surface area contributed by atoms with Crippen LogP contribution in [0, 0.1) is 0 Å². The van der Waals surface area contributed by atoms with E-state index >= 15 is 0 Å². The summed E-state index contributed by atoms with van der Waals surface area (Å²) in [5.74, 6) is 0. The summed E-state index contributed by atoms with van der Waals surface area (Å²) in [6, 6.07) is 0. The van der Waals surface area contributed by atoms with E-state index in [4.69, 9.17) is 9.84 Å². The molecule has 0 aliphatic heterocycles. The number of alkyl carbamates (subject to hydrolysis) is 1. The number of carbonyl (C=O) groups excluding carboxylic acids is 1. The van der Waals surface area contributed by atoms with E-state index in [0.717, 1.165) is 25.7 Å². The zero-order chi connectivity index (χ0) is 30.6. The van der Waals surface area contributed by atoms with Crippen molar-refractivity contribution in [2.24, 2.45) is 0 Å². The summed E-state index contributed by atoms with van der Waals surface area (Å²) >= 11 is 0. The van der Waals surface area contributed by atoms with Gasteiger partial charge in [-0.05, 0) is 32.1 Å². The third-order valence-corrected chi connectivity index (χ3v) is 8.89. The Morgan fingerprint density at radius 2 is 0.762 bits per heavy atom. The molecule has 0 aromatic carbocycles. The fourth-order valence-corrected chi connectivity index (χ4v) is 6.03. The van der Waals surface area contributed by atoms with Crippen molar-refractivity contribution >= 4 is 6.09 Å². The predicted molar refractivity (Wildman–Crippen MR) is 184 cm³/mol. The molecule has 1 atom stereocenters. The van der Waals surface area contributed by atoms with E-state index in [1.165, 1.54) is 173 Å². The predicted octanol–water partition coefficient (Wildman–Crippen LogP) is 12.6. The first-order valence-electron chi connectivity index (χ1n) is 19.3. The molecule has 2 N–H and O–H groups in total. The minimum Gasteiger partial charge on any atom is -0.446 e. The van der Waals surface area contributed by atoms with Gasteiger partial charge >= 0.3 is 6.09 Å². The summed E-state index contributed by atoms with van der Waals surface area (Å²) in [6.07, 6.45) is 42.1. The van der Waals surface area contributed by atoms with Gasteiger partial charge in [-0.2, -0.15) is 0 Å². The smallest absolute Gasteiger partial charge is 0.407 e. The molecule has 0 aliphatic carbocycles. The highest BCUT2D eigenvalue weighted by molar-refractivity contribution is 5.67. The molecule has 0 aromatic rings. The third kappa shape index (κ3) is 33.7. The molecule has 0 bridgehead atoms. The number of aliphatic hydroxyl groups excluding tert-OH is 1. The average molecular weight is 596 g/mol. The molecule has 0 spiro atoms. The maximum Gasteiger partial charge on any atom is 0.407 e. The minimum absolute atomic E-state index is 0.0402. The minimum atomic E-state index is -0.306.